The predicted octanol–water partition coefficient (Wildman–Crippen LogP) is 3.85. The summed E-state index contributed by atoms with van der Waals surface area (Å²) in [5.74, 6) is 0.652. The molecule has 43 heavy (non-hydrogen) atoms. The molecule has 0 spiro atoms. The van der Waals surface area contributed by atoms with E-state index in [0.717, 1.165) is 12.8 Å². The molecule has 0 amide bonds. The number of esters is 1. The van der Waals surface area contributed by atoms with Crippen molar-refractivity contribution in [2.45, 2.75) is 89.8 Å². The van der Waals surface area contributed by atoms with E-state index in [0.29, 0.717) is 28.8 Å². The summed E-state index contributed by atoms with van der Waals surface area (Å²) >= 11 is 0. The summed E-state index contributed by atoms with van der Waals surface area (Å²) in [6.45, 7) is 7.25. The molecule has 3 aromatic rings. The molecule has 0 radical (unpaired) electrons. The van der Waals surface area contributed by atoms with Crippen LogP contribution in [0.2, 0.25) is 0 Å². The highest BCUT2D eigenvalue weighted by Crippen LogP contribution is 2.48. The number of carbonyl (C=O) groups is 1. The van der Waals surface area contributed by atoms with Gasteiger partial charge in [-0.3, -0.25) is 13.9 Å². The highest BCUT2D eigenvalue weighted by atomic mass is 31.2. The van der Waals surface area contributed by atoms with Crippen LogP contribution in [0.25, 0.3) is 11.2 Å². The molecule has 0 bridgehead atoms. The Kier molecular flexibility index (Phi) is 8.79. The van der Waals surface area contributed by atoms with Gasteiger partial charge in [0.2, 0.25) is 0 Å². The van der Waals surface area contributed by atoms with Crippen molar-refractivity contribution in [3.05, 3.63) is 42.5 Å². The first-order chi connectivity index (χ1) is 20.3. The van der Waals surface area contributed by atoms with Crippen molar-refractivity contribution in [2.24, 2.45) is 0 Å². The second-order valence-corrected chi connectivity index (χ2v) is 13.1. The van der Waals surface area contributed by atoms with Crippen molar-refractivity contribution < 1.29 is 37.4 Å². The monoisotopic (exact) mass is 620 g/mol. The zero-order valence-corrected chi connectivity index (χ0v) is 25.9. The molecule has 1 aliphatic carbocycles. The average molecular weight is 621 g/mol. The number of imidazole rings is 1. The van der Waals surface area contributed by atoms with Crippen molar-refractivity contribution in [1.82, 2.24) is 24.6 Å². The van der Waals surface area contributed by atoms with Gasteiger partial charge in [-0.05, 0) is 59.6 Å². The lowest BCUT2D eigenvalue weighted by molar-refractivity contribution is -0.149. The third-order valence-corrected chi connectivity index (χ3v) is 8.99. The number of aliphatic hydroxyl groups is 1. The van der Waals surface area contributed by atoms with Crippen LogP contribution < -0.4 is 14.5 Å². The number of nitrogens with one attached hydrogen (secondary N) is 1. The smallest absolute Gasteiger partial charge is 0.459 e. The summed E-state index contributed by atoms with van der Waals surface area (Å²) < 4.78 is 54.0. The first-order valence-electron chi connectivity index (χ1n) is 14.2. The quantitative estimate of drug-likeness (QED) is 0.224. The van der Waals surface area contributed by atoms with Gasteiger partial charge < -0.3 is 24.0 Å². The van der Waals surface area contributed by atoms with Gasteiger partial charge in [-0.2, -0.15) is 5.09 Å². The summed E-state index contributed by atoms with van der Waals surface area (Å²) in [4.78, 5) is 28.0. The molecule has 2 N–H and O–H groups in total. The topological polar surface area (TPSA) is 150 Å². The van der Waals surface area contributed by atoms with Crippen LogP contribution in [0.4, 0.5) is 10.2 Å². The number of carbonyl (C=O) groups excluding carboxylic acids is 1. The largest absolute Gasteiger partial charge is 0.462 e. The minimum Gasteiger partial charge on any atom is -0.462 e. The SMILES string of the molecule is Cc1nc(N(C)C2CC2)c2ncn([C@@H]3O[C@H](CO[P@](=O)(N[C@H](C)C(=O)OC(C)C)Oc4ccccc4)[C@@H](O)[C@@]3(C)F)c2n1. The molecular weight excluding hydrogens is 582 g/mol. The second-order valence-electron chi connectivity index (χ2n) is 11.4. The van der Waals surface area contributed by atoms with Crippen LogP contribution in [-0.4, -0.2) is 80.3 Å². The molecule has 1 aliphatic heterocycles. The van der Waals surface area contributed by atoms with Gasteiger partial charge in [0.25, 0.3) is 0 Å². The molecule has 1 saturated carbocycles. The number of aromatic nitrogens is 4. The number of aliphatic hydroxyl groups excluding tert-OH is 1. The zero-order chi connectivity index (χ0) is 31.1. The fourth-order valence-corrected chi connectivity index (χ4v) is 6.42. The Bertz CT molecular complexity index is 1500. The Morgan fingerprint density at radius 1 is 1.28 bits per heavy atom. The molecule has 2 aliphatic rings. The lowest BCUT2D eigenvalue weighted by Gasteiger charge is -2.25. The number of aryl methyl sites for hydroxylation is 1. The minimum absolute atomic E-state index is 0.204. The van der Waals surface area contributed by atoms with Gasteiger partial charge in [-0.25, -0.2) is 23.9 Å². The third kappa shape index (κ3) is 6.68. The van der Waals surface area contributed by atoms with Crippen LogP contribution in [0.5, 0.6) is 5.75 Å². The van der Waals surface area contributed by atoms with E-state index in [9.17, 15) is 14.5 Å². The van der Waals surface area contributed by atoms with Crippen molar-refractivity contribution >= 4 is 30.7 Å². The van der Waals surface area contributed by atoms with E-state index in [1.165, 1.54) is 24.7 Å². The number of para-hydroxylation sites is 1. The molecule has 15 heteroatoms. The van der Waals surface area contributed by atoms with Crippen LogP contribution in [0.1, 0.15) is 52.6 Å². The molecule has 1 saturated heterocycles. The fraction of sp³-hybridized carbons (Fsp3) is 0.571. The van der Waals surface area contributed by atoms with Gasteiger partial charge in [-0.1, -0.05) is 18.2 Å². The number of nitrogens with zero attached hydrogens (tertiary/aromatic N) is 5. The predicted molar refractivity (Wildman–Crippen MR) is 155 cm³/mol. The Labute approximate surface area is 249 Å². The Morgan fingerprint density at radius 2 is 1.98 bits per heavy atom. The number of anilines is 1. The Morgan fingerprint density at radius 3 is 2.63 bits per heavy atom. The number of ether oxygens (including phenoxy) is 2. The lowest BCUT2D eigenvalue weighted by Crippen LogP contribution is -2.41. The van der Waals surface area contributed by atoms with E-state index in [1.54, 1.807) is 51.1 Å². The van der Waals surface area contributed by atoms with Crippen LogP contribution in [0, 0.1) is 6.92 Å². The molecule has 2 fully saturated rings. The molecule has 6 atom stereocenters. The molecule has 234 valence electrons. The van der Waals surface area contributed by atoms with Gasteiger partial charge in [0.05, 0.1) is 19.0 Å². The fourth-order valence-electron chi connectivity index (χ4n) is 4.92. The van der Waals surface area contributed by atoms with E-state index in [-0.39, 0.29) is 5.75 Å². The minimum atomic E-state index is -4.27. The van der Waals surface area contributed by atoms with Crippen LogP contribution in [0.3, 0.4) is 0 Å². The standard InChI is InChI=1S/C28H38FN6O7P/c1-16(2)40-26(37)17(3)33-43(38,42-20-10-8-7-9-11-20)39-14-21-23(36)28(5,29)27(41-21)35-15-30-22-24(34(6)19-12-13-19)31-18(4)32-25(22)35/h7-11,15-17,19,21,23,27,36H,12-14H2,1-6H3,(H,33,38)/t17-,21-,23-,27-,28-,43-/m1/s1. The number of rotatable bonds is 12. The lowest BCUT2D eigenvalue weighted by atomic mass is 9.98. The molecule has 5 rings (SSSR count). The molecular formula is C28H38FN6O7P. The van der Waals surface area contributed by atoms with Gasteiger partial charge in [0.15, 0.2) is 28.9 Å². The van der Waals surface area contributed by atoms with E-state index in [1.807, 2.05) is 11.9 Å². The van der Waals surface area contributed by atoms with Gasteiger partial charge in [0.1, 0.15) is 29.8 Å². The molecule has 3 heterocycles. The first-order valence-corrected chi connectivity index (χ1v) is 15.8. The highest BCUT2D eigenvalue weighted by molar-refractivity contribution is 7.52. The van der Waals surface area contributed by atoms with E-state index in [4.69, 9.17) is 18.5 Å². The van der Waals surface area contributed by atoms with E-state index >= 15 is 4.39 Å². The van der Waals surface area contributed by atoms with E-state index < -0.39 is 56.6 Å². The Balaban J connectivity index is 1.37. The number of benzene rings is 1. The van der Waals surface area contributed by atoms with Crippen molar-refractivity contribution in [3.63, 3.8) is 0 Å². The number of hydrogen-bond acceptors (Lipinski definition) is 11. The first kappa shape index (κ1) is 31.3. The molecule has 0 unspecified atom stereocenters. The molecule has 13 nitrogen and oxygen atoms in total. The van der Waals surface area contributed by atoms with E-state index in [2.05, 4.69) is 20.0 Å². The summed E-state index contributed by atoms with van der Waals surface area (Å²) in [6.07, 6.45) is -1.16. The highest BCUT2D eigenvalue weighted by Gasteiger charge is 2.56. The maximum absolute atomic E-state index is 16.2. The van der Waals surface area contributed by atoms with Crippen LogP contribution in [-0.2, 0) is 23.4 Å². The summed E-state index contributed by atoms with van der Waals surface area (Å²) in [5.41, 5.74) is -1.47. The summed E-state index contributed by atoms with van der Waals surface area (Å²) in [6, 6.07) is 7.51. The van der Waals surface area contributed by atoms with Gasteiger partial charge >= 0.3 is 13.7 Å². The summed E-state index contributed by atoms with van der Waals surface area (Å²) in [7, 11) is -2.33. The normalized spacial score (nSPS) is 25.9. The zero-order valence-electron chi connectivity index (χ0n) is 25.0. The van der Waals surface area contributed by atoms with Crippen molar-refractivity contribution in [2.75, 3.05) is 18.6 Å². The maximum atomic E-state index is 16.2. The second kappa shape index (κ2) is 12.1. The van der Waals surface area contributed by atoms with Gasteiger partial charge in [-0.15, -0.1) is 0 Å². The maximum Gasteiger partial charge on any atom is 0.459 e. The van der Waals surface area contributed by atoms with Crippen LogP contribution >= 0.6 is 7.75 Å². The number of alkyl halides is 1. The third-order valence-electron chi connectivity index (χ3n) is 7.35. The van der Waals surface area contributed by atoms with Crippen molar-refractivity contribution in [1.29, 1.82) is 0 Å². The number of hydrogen-bond donors (Lipinski definition) is 2. The summed E-state index contributed by atoms with van der Waals surface area (Å²) in [5, 5.41) is 13.6. The van der Waals surface area contributed by atoms with Gasteiger partial charge in [0, 0.05) is 13.1 Å². The molecule has 1 aromatic carbocycles. The number of fused-ring (bicyclic) bond motifs is 1. The van der Waals surface area contributed by atoms with Crippen molar-refractivity contribution in [3.8, 4) is 5.75 Å². The number of halogens is 1. The average Bonchev–Trinajstić information content (AvgIpc) is 3.67. The van der Waals surface area contributed by atoms with Crippen LogP contribution in [0.15, 0.2) is 36.7 Å². The Hall–Kier alpha value is -3.16. The molecule has 2 aromatic heterocycles.